The van der Waals surface area contributed by atoms with Gasteiger partial charge in [-0.15, -0.1) is 0 Å². The second-order valence-corrected chi connectivity index (χ2v) is 5.05. The first-order chi connectivity index (χ1) is 10.3. The first-order valence-electron chi connectivity index (χ1n) is 7.04. The van der Waals surface area contributed by atoms with Crippen molar-refractivity contribution in [2.24, 2.45) is 0 Å². The molecule has 0 bridgehead atoms. The molecule has 0 spiro atoms. The van der Waals surface area contributed by atoms with E-state index in [0.29, 0.717) is 0 Å². The maximum absolute atomic E-state index is 4.24. The molecular weight excluding hydrogens is 260 g/mol. The lowest BCUT2D eigenvalue weighted by Gasteiger charge is -2.16. The molecule has 0 saturated heterocycles. The quantitative estimate of drug-likeness (QED) is 0.776. The molecule has 4 heteroatoms. The summed E-state index contributed by atoms with van der Waals surface area (Å²) in [4.78, 5) is 4.05. The van der Waals surface area contributed by atoms with Crippen LogP contribution >= 0.6 is 0 Å². The summed E-state index contributed by atoms with van der Waals surface area (Å²) in [6.07, 6.45) is 7.41. The number of nitrogens with one attached hydrogen (secondary N) is 1. The number of pyridine rings is 1. The Balaban J connectivity index is 1.71. The zero-order valence-electron chi connectivity index (χ0n) is 12.0. The SMILES string of the molecule is CC(Nc1cccc(Cn2cccn2)c1)c1ccncc1. The zero-order valence-corrected chi connectivity index (χ0v) is 12.0. The molecule has 0 aliphatic carbocycles. The molecule has 3 aromatic rings. The van der Waals surface area contributed by atoms with Crippen LogP contribution in [0.3, 0.4) is 0 Å². The summed E-state index contributed by atoms with van der Waals surface area (Å²) in [7, 11) is 0. The summed E-state index contributed by atoms with van der Waals surface area (Å²) in [5.74, 6) is 0. The van der Waals surface area contributed by atoms with E-state index in [1.807, 2.05) is 41.5 Å². The van der Waals surface area contributed by atoms with Crippen LogP contribution in [0.1, 0.15) is 24.1 Å². The number of anilines is 1. The predicted octanol–water partition coefficient (Wildman–Crippen LogP) is 3.50. The Morgan fingerprint density at radius 1 is 1.10 bits per heavy atom. The van der Waals surface area contributed by atoms with Crippen LogP contribution in [0, 0.1) is 0 Å². The molecule has 0 amide bonds. The van der Waals surface area contributed by atoms with E-state index in [-0.39, 0.29) is 6.04 Å². The van der Waals surface area contributed by atoms with Gasteiger partial charge in [0.1, 0.15) is 0 Å². The molecule has 0 radical (unpaired) electrons. The van der Waals surface area contributed by atoms with Crippen LogP contribution in [-0.2, 0) is 6.54 Å². The maximum atomic E-state index is 4.24. The lowest BCUT2D eigenvalue weighted by atomic mass is 10.1. The number of aromatic nitrogens is 3. The normalized spacial score (nSPS) is 12.0. The van der Waals surface area contributed by atoms with Crippen LogP contribution in [0.15, 0.2) is 67.3 Å². The van der Waals surface area contributed by atoms with Crippen molar-refractivity contribution in [3.05, 3.63) is 78.4 Å². The van der Waals surface area contributed by atoms with Crippen molar-refractivity contribution in [3.8, 4) is 0 Å². The smallest absolute Gasteiger partial charge is 0.0660 e. The summed E-state index contributed by atoms with van der Waals surface area (Å²) < 4.78 is 1.92. The highest BCUT2D eigenvalue weighted by molar-refractivity contribution is 5.47. The average Bonchev–Trinajstić information content (AvgIpc) is 3.01. The molecule has 0 saturated carbocycles. The van der Waals surface area contributed by atoms with Gasteiger partial charge in [-0.25, -0.2) is 0 Å². The average molecular weight is 278 g/mol. The van der Waals surface area contributed by atoms with Crippen LogP contribution in [0.4, 0.5) is 5.69 Å². The summed E-state index contributed by atoms with van der Waals surface area (Å²) in [6.45, 7) is 2.93. The molecule has 3 rings (SSSR count). The fourth-order valence-corrected chi connectivity index (χ4v) is 2.33. The van der Waals surface area contributed by atoms with Crippen molar-refractivity contribution >= 4 is 5.69 Å². The molecular formula is C17H18N4. The number of benzene rings is 1. The minimum Gasteiger partial charge on any atom is -0.379 e. The van der Waals surface area contributed by atoms with E-state index in [4.69, 9.17) is 0 Å². The zero-order chi connectivity index (χ0) is 14.5. The molecule has 1 unspecified atom stereocenters. The van der Waals surface area contributed by atoms with Gasteiger partial charge in [0.2, 0.25) is 0 Å². The highest BCUT2D eigenvalue weighted by Gasteiger charge is 2.05. The van der Waals surface area contributed by atoms with Gasteiger partial charge in [0.25, 0.3) is 0 Å². The molecule has 106 valence electrons. The number of hydrogen-bond acceptors (Lipinski definition) is 3. The molecule has 2 aromatic heterocycles. The lowest BCUT2D eigenvalue weighted by Crippen LogP contribution is -2.07. The molecule has 1 N–H and O–H groups in total. The molecule has 1 atom stereocenters. The molecule has 4 nitrogen and oxygen atoms in total. The second-order valence-electron chi connectivity index (χ2n) is 5.05. The van der Waals surface area contributed by atoms with Crippen molar-refractivity contribution in [1.29, 1.82) is 0 Å². The first-order valence-corrected chi connectivity index (χ1v) is 7.04. The van der Waals surface area contributed by atoms with Gasteiger partial charge >= 0.3 is 0 Å². The van der Waals surface area contributed by atoms with Gasteiger partial charge in [-0.2, -0.15) is 5.10 Å². The van der Waals surface area contributed by atoms with Gasteiger partial charge < -0.3 is 5.32 Å². The Kier molecular flexibility index (Phi) is 3.96. The van der Waals surface area contributed by atoms with Gasteiger partial charge in [0.05, 0.1) is 6.54 Å². The van der Waals surface area contributed by atoms with Gasteiger partial charge in [0, 0.05) is 36.5 Å². The summed E-state index contributed by atoms with van der Waals surface area (Å²) in [5, 5.41) is 7.76. The summed E-state index contributed by atoms with van der Waals surface area (Å²) >= 11 is 0. The van der Waals surface area contributed by atoms with Crippen LogP contribution < -0.4 is 5.32 Å². The van der Waals surface area contributed by atoms with Crippen LogP contribution in [0.2, 0.25) is 0 Å². The van der Waals surface area contributed by atoms with E-state index in [9.17, 15) is 0 Å². The van der Waals surface area contributed by atoms with Crippen molar-refractivity contribution < 1.29 is 0 Å². The fraction of sp³-hybridized carbons (Fsp3) is 0.176. The third-order valence-electron chi connectivity index (χ3n) is 3.42. The van der Waals surface area contributed by atoms with Crippen molar-refractivity contribution in [1.82, 2.24) is 14.8 Å². The Bertz CT molecular complexity index is 677. The Morgan fingerprint density at radius 3 is 2.71 bits per heavy atom. The largest absolute Gasteiger partial charge is 0.379 e. The third kappa shape index (κ3) is 3.48. The summed E-state index contributed by atoms with van der Waals surface area (Å²) in [5.41, 5.74) is 3.57. The molecule has 0 aliphatic heterocycles. The third-order valence-corrected chi connectivity index (χ3v) is 3.42. The molecule has 0 fully saturated rings. The van der Waals surface area contributed by atoms with Crippen molar-refractivity contribution in [2.45, 2.75) is 19.5 Å². The first kappa shape index (κ1) is 13.4. The van der Waals surface area contributed by atoms with Crippen LogP contribution in [0.25, 0.3) is 0 Å². The standard InChI is InChI=1S/C17H18N4/c1-14(16-6-9-18-10-7-16)20-17-5-2-4-15(12-17)13-21-11-3-8-19-21/h2-12,14,20H,13H2,1H3. The Labute approximate surface area is 124 Å². The predicted molar refractivity (Wildman–Crippen MR) is 84.0 cm³/mol. The van der Waals surface area contributed by atoms with Gasteiger partial charge in [-0.3, -0.25) is 9.67 Å². The summed E-state index contributed by atoms with van der Waals surface area (Å²) in [6, 6.07) is 14.7. The second kappa shape index (κ2) is 6.22. The van der Waals surface area contributed by atoms with E-state index in [1.54, 1.807) is 6.20 Å². The van der Waals surface area contributed by atoms with E-state index in [0.717, 1.165) is 12.2 Å². The van der Waals surface area contributed by atoms with Crippen LogP contribution in [-0.4, -0.2) is 14.8 Å². The topological polar surface area (TPSA) is 42.7 Å². The maximum Gasteiger partial charge on any atom is 0.0660 e. The Hall–Kier alpha value is -2.62. The van der Waals surface area contributed by atoms with E-state index >= 15 is 0 Å². The molecule has 1 aromatic carbocycles. The van der Waals surface area contributed by atoms with E-state index in [2.05, 4.69) is 46.6 Å². The van der Waals surface area contributed by atoms with Crippen LogP contribution in [0.5, 0.6) is 0 Å². The Morgan fingerprint density at radius 2 is 1.95 bits per heavy atom. The minimum atomic E-state index is 0.243. The van der Waals surface area contributed by atoms with Gasteiger partial charge in [-0.1, -0.05) is 12.1 Å². The van der Waals surface area contributed by atoms with Gasteiger partial charge in [0.15, 0.2) is 0 Å². The monoisotopic (exact) mass is 278 g/mol. The number of nitrogens with zero attached hydrogens (tertiary/aromatic N) is 3. The van der Waals surface area contributed by atoms with Crippen molar-refractivity contribution in [3.63, 3.8) is 0 Å². The minimum absolute atomic E-state index is 0.243. The highest BCUT2D eigenvalue weighted by Crippen LogP contribution is 2.19. The highest BCUT2D eigenvalue weighted by atomic mass is 15.3. The number of hydrogen-bond donors (Lipinski definition) is 1. The number of rotatable bonds is 5. The lowest BCUT2D eigenvalue weighted by molar-refractivity contribution is 0.687. The van der Waals surface area contributed by atoms with E-state index < -0.39 is 0 Å². The molecule has 0 aliphatic rings. The van der Waals surface area contributed by atoms with Gasteiger partial charge in [-0.05, 0) is 48.4 Å². The molecule has 21 heavy (non-hydrogen) atoms. The van der Waals surface area contributed by atoms with E-state index in [1.165, 1.54) is 11.1 Å². The fourth-order valence-electron chi connectivity index (χ4n) is 2.33. The van der Waals surface area contributed by atoms with Crippen molar-refractivity contribution in [2.75, 3.05) is 5.32 Å². The molecule has 2 heterocycles.